The Labute approximate surface area is 115 Å². The fourth-order valence-electron chi connectivity index (χ4n) is 1.95. The molecule has 19 heavy (non-hydrogen) atoms. The van der Waals surface area contributed by atoms with Crippen LogP contribution in [-0.2, 0) is 0 Å². The smallest absolute Gasteiger partial charge is 0.198 e. The Kier molecular flexibility index (Phi) is 2.97. The number of rotatable bonds is 2. The topological polar surface area (TPSA) is 48.4 Å². The standard InChI is InChI=1S/C15H11ClN2O/c16-10-6-7-14-12(8-10)13(15(19)18-14)9-17-11-4-2-1-3-5-11/h1-9,18-19H. The van der Waals surface area contributed by atoms with E-state index in [1.807, 2.05) is 36.4 Å². The Bertz CT molecular complexity index is 747. The first-order valence-electron chi connectivity index (χ1n) is 5.83. The third kappa shape index (κ3) is 2.33. The number of aromatic nitrogens is 1. The van der Waals surface area contributed by atoms with Gasteiger partial charge in [-0.15, -0.1) is 0 Å². The summed E-state index contributed by atoms with van der Waals surface area (Å²) in [5.41, 5.74) is 2.30. The van der Waals surface area contributed by atoms with Gasteiger partial charge in [0.2, 0.25) is 0 Å². The molecular formula is C15H11ClN2O. The van der Waals surface area contributed by atoms with Gasteiger partial charge in [0, 0.05) is 22.1 Å². The Hall–Kier alpha value is -2.26. The maximum absolute atomic E-state index is 9.91. The van der Waals surface area contributed by atoms with Gasteiger partial charge in [-0.1, -0.05) is 29.8 Å². The number of H-pyrrole nitrogens is 1. The van der Waals surface area contributed by atoms with Crippen molar-refractivity contribution >= 4 is 34.4 Å². The highest BCUT2D eigenvalue weighted by molar-refractivity contribution is 6.31. The molecule has 0 spiro atoms. The molecule has 2 N–H and O–H groups in total. The summed E-state index contributed by atoms with van der Waals surface area (Å²) in [7, 11) is 0. The number of halogens is 1. The van der Waals surface area contributed by atoms with Gasteiger partial charge in [0.1, 0.15) is 0 Å². The number of para-hydroxylation sites is 1. The molecule has 2 aromatic carbocycles. The van der Waals surface area contributed by atoms with Crippen LogP contribution in [0.25, 0.3) is 10.9 Å². The quantitative estimate of drug-likeness (QED) is 0.671. The van der Waals surface area contributed by atoms with E-state index in [0.717, 1.165) is 16.6 Å². The Morgan fingerprint density at radius 3 is 2.68 bits per heavy atom. The zero-order chi connectivity index (χ0) is 13.2. The fraction of sp³-hybridized carbons (Fsp3) is 0. The lowest BCUT2D eigenvalue weighted by molar-refractivity contribution is 0.457. The molecule has 0 saturated heterocycles. The minimum atomic E-state index is 0.0944. The second-order valence-electron chi connectivity index (χ2n) is 4.17. The maximum atomic E-state index is 9.91. The zero-order valence-corrected chi connectivity index (χ0v) is 10.7. The Morgan fingerprint density at radius 1 is 1.11 bits per heavy atom. The fourth-order valence-corrected chi connectivity index (χ4v) is 2.13. The first-order chi connectivity index (χ1) is 9.24. The number of nitrogens with zero attached hydrogens (tertiary/aromatic N) is 1. The summed E-state index contributed by atoms with van der Waals surface area (Å²) < 4.78 is 0. The van der Waals surface area contributed by atoms with Gasteiger partial charge < -0.3 is 10.1 Å². The molecule has 0 saturated carbocycles. The molecule has 0 fully saturated rings. The lowest BCUT2D eigenvalue weighted by Gasteiger charge is -1.94. The number of benzene rings is 2. The van der Waals surface area contributed by atoms with Gasteiger partial charge in [-0.25, -0.2) is 0 Å². The second kappa shape index (κ2) is 4.78. The van der Waals surface area contributed by atoms with Crippen LogP contribution in [0.15, 0.2) is 53.5 Å². The van der Waals surface area contributed by atoms with E-state index in [-0.39, 0.29) is 5.88 Å². The largest absolute Gasteiger partial charge is 0.494 e. The van der Waals surface area contributed by atoms with Crippen LogP contribution >= 0.6 is 11.6 Å². The summed E-state index contributed by atoms with van der Waals surface area (Å²) in [6.45, 7) is 0. The van der Waals surface area contributed by atoms with Crippen molar-refractivity contribution < 1.29 is 5.11 Å². The first kappa shape index (κ1) is 11.8. The SMILES string of the molecule is Oc1[nH]c2ccc(Cl)cc2c1C=Nc1ccccc1. The van der Waals surface area contributed by atoms with Gasteiger partial charge in [-0.05, 0) is 30.3 Å². The Morgan fingerprint density at radius 2 is 1.89 bits per heavy atom. The normalized spacial score (nSPS) is 11.4. The molecule has 0 aliphatic rings. The van der Waals surface area contributed by atoms with Gasteiger partial charge in [-0.2, -0.15) is 0 Å². The molecule has 0 unspecified atom stereocenters. The van der Waals surface area contributed by atoms with E-state index in [1.165, 1.54) is 0 Å². The summed E-state index contributed by atoms with van der Waals surface area (Å²) >= 11 is 5.98. The summed E-state index contributed by atoms with van der Waals surface area (Å²) in [6, 6.07) is 15.0. The van der Waals surface area contributed by atoms with E-state index < -0.39 is 0 Å². The molecule has 4 heteroatoms. The van der Waals surface area contributed by atoms with Gasteiger partial charge >= 0.3 is 0 Å². The average Bonchev–Trinajstić information content (AvgIpc) is 2.73. The van der Waals surface area contributed by atoms with Crippen molar-refractivity contribution in [2.45, 2.75) is 0 Å². The highest BCUT2D eigenvalue weighted by atomic mass is 35.5. The molecule has 0 amide bonds. The van der Waals surface area contributed by atoms with Gasteiger partial charge in [0.25, 0.3) is 0 Å². The predicted octanol–water partition coefficient (Wildman–Crippen LogP) is 4.28. The second-order valence-corrected chi connectivity index (χ2v) is 4.61. The number of nitrogens with one attached hydrogen (secondary N) is 1. The highest BCUT2D eigenvalue weighted by Gasteiger charge is 2.08. The molecule has 0 aliphatic heterocycles. The molecule has 1 heterocycles. The lowest BCUT2D eigenvalue weighted by atomic mass is 10.2. The van der Waals surface area contributed by atoms with E-state index in [0.29, 0.717) is 10.6 Å². The molecule has 3 rings (SSSR count). The van der Waals surface area contributed by atoms with Crippen LogP contribution in [0, 0.1) is 0 Å². The number of aliphatic imine (C=N–C) groups is 1. The van der Waals surface area contributed by atoms with Crippen molar-refractivity contribution in [2.24, 2.45) is 4.99 Å². The highest BCUT2D eigenvalue weighted by Crippen LogP contribution is 2.28. The van der Waals surface area contributed by atoms with E-state index in [2.05, 4.69) is 9.98 Å². The third-order valence-corrected chi connectivity index (χ3v) is 3.11. The molecular weight excluding hydrogens is 260 g/mol. The third-order valence-electron chi connectivity index (χ3n) is 2.88. The van der Waals surface area contributed by atoms with E-state index in [1.54, 1.807) is 18.3 Å². The molecule has 0 radical (unpaired) electrons. The van der Waals surface area contributed by atoms with Crippen LogP contribution < -0.4 is 0 Å². The Balaban J connectivity index is 2.07. The minimum absolute atomic E-state index is 0.0944. The first-order valence-corrected chi connectivity index (χ1v) is 6.21. The predicted molar refractivity (Wildman–Crippen MR) is 78.7 cm³/mol. The van der Waals surface area contributed by atoms with Gasteiger partial charge in [-0.3, -0.25) is 4.99 Å². The summed E-state index contributed by atoms with van der Waals surface area (Å²) in [6.07, 6.45) is 1.64. The van der Waals surface area contributed by atoms with E-state index >= 15 is 0 Å². The maximum Gasteiger partial charge on any atom is 0.198 e. The molecule has 0 atom stereocenters. The van der Waals surface area contributed by atoms with Crippen molar-refractivity contribution in [1.82, 2.24) is 4.98 Å². The van der Waals surface area contributed by atoms with Crippen molar-refractivity contribution in [1.29, 1.82) is 0 Å². The lowest BCUT2D eigenvalue weighted by Crippen LogP contribution is -1.79. The summed E-state index contributed by atoms with van der Waals surface area (Å²) in [5, 5.41) is 11.4. The van der Waals surface area contributed by atoms with Crippen molar-refractivity contribution in [3.63, 3.8) is 0 Å². The van der Waals surface area contributed by atoms with E-state index in [4.69, 9.17) is 11.6 Å². The van der Waals surface area contributed by atoms with Crippen LogP contribution in [0.4, 0.5) is 5.69 Å². The average molecular weight is 271 g/mol. The minimum Gasteiger partial charge on any atom is -0.494 e. The van der Waals surface area contributed by atoms with Gasteiger partial charge in [0.05, 0.1) is 11.3 Å². The zero-order valence-electron chi connectivity index (χ0n) is 9.97. The molecule has 94 valence electrons. The van der Waals surface area contributed by atoms with Crippen LogP contribution in [0.2, 0.25) is 5.02 Å². The number of fused-ring (bicyclic) bond motifs is 1. The van der Waals surface area contributed by atoms with Gasteiger partial charge in [0.15, 0.2) is 5.88 Å². The number of aromatic amines is 1. The molecule has 3 nitrogen and oxygen atoms in total. The number of aromatic hydroxyl groups is 1. The van der Waals surface area contributed by atoms with Crippen molar-refractivity contribution in [3.05, 3.63) is 59.1 Å². The van der Waals surface area contributed by atoms with Crippen LogP contribution in [0.5, 0.6) is 5.88 Å². The molecule has 3 aromatic rings. The van der Waals surface area contributed by atoms with Crippen molar-refractivity contribution in [3.8, 4) is 5.88 Å². The molecule has 1 aromatic heterocycles. The number of hydrogen-bond donors (Lipinski definition) is 2. The summed E-state index contributed by atoms with van der Waals surface area (Å²) in [5.74, 6) is 0.0944. The van der Waals surface area contributed by atoms with E-state index in [9.17, 15) is 5.11 Å². The van der Waals surface area contributed by atoms with Crippen LogP contribution in [0.3, 0.4) is 0 Å². The van der Waals surface area contributed by atoms with Crippen molar-refractivity contribution in [2.75, 3.05) is 0 Å². The molecule has 0 bridgehead atoms. The van der Waals surface area contributed by atoms with Crippen LogP contribution in [-0.4, -0.2) is 16.3 Å². The van der Waals surface area contributed by atoms with Crippen LogP contribution in [0.1, 0.15) is 5.56 Å². The monoisotopic (exact) mass is 270 g/mol. The number of hydrogen-bond acceptors (Lipinski definition) is 2. The molecule has 0 aliphatic carbocycles. The summed E-state index contributed by atoms with van der Waals surface area (Å²) in [4.78, 5) is 7.24.